The zero-order valence-corrected chi connectivity index (χ0v) is 8.97. The second kappa shape index (κ2) is 4.75. The first-order valence-corrected chi connectivity index (χ1v) is 4.71. The van der Waals surface area contributed by atoms with Crippen LogP contribution in [0.3, 0.4) is 0 Å². The zero-order valence-electron chi connectivity index (χ0n) is 8.21. The molecule has 7 heteroatoms. The van der Waals surface area contributed by atoms with Gasteiger partial charge in [-0.2, -0.15) is 13.2 Å². The van der Waals surface area contributed by atoms with Crippen LogP contribution in [0.25, 0.3) is 0 Å². The number of carbonyl (C=O) groups is 2. The van der Waals surface area contributed by atoms with Gasteiger partial charge in [-0.15, -0.1) is 0 Å². The van der Waals surface area contributed by atoms with Crippen LogP contribution in [-0.4, -0.2) is 16.9 Å². The van der Waals surface area contributed by atoms with Crippen molar-refractivity contribution in [3.05, 3.63) is 34.3 Å². The van der Waals surface area contributed by atoms with Gasteiger partial charge in [-0.3, -0.25) is 9.59 Å². The Morgan fingerprint density at radius 1 is 1.29 bits per heavy atom. The molecule has 0 saturated carbocycles. The summed E-state index contributed by atoms with van der Waals surface area (Å²) in [5.74, 6) is -2.39. The van der Waals surface area contributed by atoms with Crippen LogP contribution < -0.4 is 0 Å². The summed E-state index contributed by atoms with van der Waals surface area (Å²) in [6, 6.07) is 2.19. The summed E-state index contributed by atoms with van der Waals surface area (Å²) >= 11 is 5.54. The molecule has 0 spiro atoms. The standard InChI is InChI=1S/C10H6ClF3O3/c11-7-2-1-5(10(12,13)14)3-6(7)8(15)4-9(16)17/h1-3H,4H2,(H,16,17). The fourth-order valence-electron chi connectivity index (χ4n) is 1.15. The van der Waals surface area contributed by atoms with Crippen LogP contribution in [0.15, 0.2) is 18.2 Å². The fraction of sp³-hybridized carbons (Fsp3) is 0.200. The largest absolute Gasteiger partial charge is 0.481 e. The zero-order chi connectivity index (χ0) is 13.2. The maximum absolute atomic E-state index is 12.4. The molecule has 92 valence electrons. The summed E-state index contributed by atoms with van der Waals surface area (Å²) in [7, 11) is 0. The van der Waals surface area contributed by atoms with Gasteiger partial charge in [0.15, 0.2) is 5.78 Å². The predicted octanol–water partition coefficient (Wildman–Crippen LogP) is 3.02. The summed E-state index contributed by atoms with van der Waals surface area (Å²) in [6.07, 6.45) is -5.51. The second-order valence-corrected chi connectivity index (χ2v) is 3.59. The van der Waals surface area contributed by atoms with Crippen LogP contribution >= 0.6 is 11.6 Å². The molecule has 0 aliphatic carbocycles. The number of ketones is 1. The van der Waals surface area contributed by atoms with E-state index >= 15 is 0 Å². The van der Waals surface area contributed by atoms with Crippen LogP contribution in [0.2, 0.25) is 5.02 Å². The number of carbonyl (C=O) groups excluding carboxylic acids is 1. The van der Waals surface area contributed by atoms with E-state index in [4.69, 9.17) is 16.7 Å². The van der Waals surface area contributed by atoms with Gasteiger partial charge >= 0.3 is 12.1 Å². The minimum atomic E-state index is -4.61. The highest BCUT2D eigenvalue weighted by Gasteiger charge is 2.31. The third kappa shape index (κ3) is 3.45. The SMILES string of the molecule is O=C(O)CC(=O)c1cc(C(F)(F)F)ccc1Cl. The minimum Gasteiger partial charge on any atom is -0.481 e. The first kappa shape index (κ1) is 13.5. The monoisotopic (exact) mass is 266 g/mol. The lowest BCUT2D eigenvalue weighted by molar-refractivity contribution is -0.137. The number of halogens is 4. The van der Waals surface area contributed by atoms with Crippen LogP contribution in [0.4, 0.5) is 13.2 Å². The Morgan fingerprint density at radius 3 is 2.35 bits per heavy atom. The highest BCUT2D eigenvalue weighted by Crippen LogP contribution is 2.32. The number of carboxylic acids is 1. The molecule has 0 heterocycles. The highest BCUT2D eigenvalue weighted by atomic mass is 35.5. The number of aliphatic carboxylic acids is 1. The number of alkyl halides is 3. The maximum Gasteiger partial charge on any atom is 0.416 e. The van der Waals surface area contributed by atoms with Crippen molar-refractivity contribution in [1.82, 2.24) is 0 Å². The molecule has 1 N–H and O–H groups in total. The predicted molar refractivity (Wildman–Crippen MR) is 53.0 cm³/mol. The van der Waals surface area contributed by atoms with Crippen LogP contribution in [0.1, 0.15) is 22.3 Å². The summed E-state index contributed by atoms with van der Waals surface area (Å²) in [4.78, 5) is 21.6. The molecule has 0 amide bonds. The Morgan fingerprint density at radius 2 is 1.88 bits per heavy atom. The first-order chi connectivity index (χ1) is 7.71. The Labute approximate surface area is 98.8 Å². The molecule has 0 aromatic heterocycles. The molecule has 0 unspecified atom stereocenters. The molecule has 0 saturated heterocycles. The number of benzene rings is 1. The van der Waals surface area contributed by atoms with Crippen molar-refractivity contribution in [2.45, 2.75) is 12.6 Å². The summed E-state index contributed by atoms with van der Waals surface area (Å²) in [5, 5.41) is 8.17. The summed E-state index contributed by atoms with van der Waals surface area (Å²) in [5.41, 5.74) is -1.49. The van der Waals surface area contributed by atoms with Gasteiger partial charge in [-0.1, -0.05) is 11.6 Å². The van der Waals surface area contributed by atoms with Crippen molar-refractivity contribution in [3.8, 4) is 0 Å². The van der Waals surface area contributed by atoms with E-state index in [-0.39, 0.29) is 5.02 Å². The van der Waals surface area contributed by atoms with E-state index in [0.717, 1.165) is 12.1 Å². The summed E-state index contributed by atoms with van der Waals surface area (Å²) in [6.45, 7) is 0. The smallest absolute Gasteiger partial charge is 0.416 e. The van der Waals surface area contributed by atoms with Crippen molar-refractivity contribution >= 4 is 23.4 Å². The minimum absolute atomic E-state index is 0.204. The Kier molecular flexibility index (Phi) is 3.77. The Bertz CT molecular complexity index is 468. The molecule has 1 rings (SSSR count). The van der Waals surface area contributed by atoms with Crippen molar-refractivity contribution in [1.29, 1.82) is 0 Å². The molecule has 1 aromatic rings. The topological polar surface area (TPSA) is 54.4 Å². The molecule has 0 bridgehead atoms. The van der Waals surface area contributed by atoms with E-state index < -0.39 is 35.5 Å². The maximum atomic E-state index is 12.4. The normalized spacial score (nSPS) is 11.3. The van der Waals surface area contributed by atoms with Crippen molar-refractivity contribution < 1.29 is 27.9 Å². The van der Waals surface area contributed by atoms with Crippen molar-refractivity contribution in [2.75, 3.05) is 0 Å². The van der Waals surface area contributed by atoms with Crippen molar-refractivity contribution in [2.24, 2.45) is 0 Å². The van der Waals surface area contributed by atoms with Crippen LogP contribution in [0, 0.1) is 0 Å². The van der Waals surface area contributed by atoms with Gasteiger partial charge in [-0.25, -0.2) is 0 Å². The van der Waals surface area contributed by atoms with E-state index in [9.17, 15) is 22.8 Å². The molecule has 1 aromatic carbocycles. The van der Waals surface area contributed by atoms with Gasteiger partial charge in [0.2, 0.25) is 0 Å². The fourth-order valence-corrected chi connectivity index (χ4v) is 1.37. The second-order valence-electron chi connectivity index (χ2n) is 3.19. The van der Waals surface area contributed by atoms with Gasteiger partial charge in [-0.05, 0) is 18.2 Å². The van der Waals surface area contributed by atoms with E-state index in [1.807, 2.05) is 0 Å². The highest BCUT2D eigenvalue weighted by molar-refractivity contribution is 6.34. The lowest BCUT2D eigenvalue weighted by Crippen LogP contribution is -2.11. The van der Waals surface area contributed by atoms with Gasteiger partial charge in [0.25, 0.3) is 0 Å². The molecule has 0 atom stereocenters. The molecule has 0 aliphatic heterocycles. The third-order valence-corrected chi connectivity index (χ3v) is 2.24. The summed E-state index contributed by atoms with van der Waals surface area (Å²) < 4.78 is 37.1. The number of carboxylic acid groups (broad SMARTS) is 1. The molecule has 0 aliphatic rings. The number of rotatable bonds is 3. The quantitative estimate of drug-likeness (QED) is 0.676. The molecular formula is C10H6ClF3O3. The molecule has 0 radical (unpaired) electrons. The lowest BCUT2D eigenvalue weighted by atomic mass is 10.0. The van der Waals surface area contributed by atoms with E-state index in [0.29, 0.717) is 6.07 Å². The first-order valence-electron chi connectivity index (χ1n) is 4.33. The van der Waals surface area contributed by atoms with Gasteiger partial charge < -0.3 is 5.11 Å². The van der Waals surface area contributed by atoms with Gasteiger partial charge in [0.1, 0.15) is 6.42 Å². The van der Waals surface area contributed by atoms with Gasteiger partial charge in [0.05, 0.1) is 10.6 Å². The van der Waals surface area contributed by atoms with Crippen LogP contribution in [-0.2, 0) is 11.0 Å². The van der Waals surface area contributed by atoms with E-state index in [1.54, 1.807) is 0 Å². The number of Topliss-reactive ketones (excluding diaryl/α,β-unsaturated/α-hetero) is 1. The van der Waals surface area contributed by atoms with Gasteiger partial charge in [0, 0.05) is 5.56 Å². The van der Waals surface area contributed by atoms with E-state index in [1.165, 1.54) is 0 Å². The third-order valence-electron chi connectivity index (χ3n) is 1.91. The van der Waals surface area contributed by atoms with Crippen molar-refractivity contribution in [3.63, 3.8) is 0 Å². The Hall–Kier alpha value is -1.56. The molecule has 17 heavy (non-hydrogen) atoms. The van der Waals surface area contributed by atoms with E-state index in [2.05, 4.69) is 0 Å². The lowest BCUT2D eigenvalue weighted by Gasteiger charge is -2.09. The number of hydrogen-bond acceptors (Lipinski definition) is 2. The average molecular weight is 267 g/mol. The molecular weight excluding hydrogens is 261 g/mol. The molecule has 0 fully saturated rings. The number of hydrogen-bond donors (Lipinski definition) is 1. The average Bonchev–Trinajstić information content (AvgIpc) is 2.15. The Balaban J connectivity index is 3.15. The molecule has 3 nitrogen and oxygen atoms in total. The van der Waals surface area contributed by atoms with Crippen LogP contribution in [0.5, 0.6) is 0 Å².